The molecule has 0 unspecified atom stereocenters. The number of hydrogen-bond donors (Lipinski definition) is 2. The van der Waals surface area contributed by atoms with Gasteiger partial charge in [-0.05, 0) is 67.8 Å². The third kappa shape index (κ3) is 4.14. The highest BCUT2D eigenvalue weighted by Gasteiger charge is 2.21. The van der Waals surface area contributed by atoms with E-state index in [2.05, 4.69) is 10.6 Å². The molecule has 1 aliphatic heterocycles. The van der Waals surface area contributed by atoms with Gasteiger partial charge >= 0.3 is 6.03 Å². The number of rotatable bonds is 4. The summed E-state index contributed by atoms with van der Waals surface area (Å²) in [6.45, 7) is 2.70. The minimum Gasteiger partial charge on any atom is -0.497 e. The third-order valence-electron chi connectivity index (χ3n) is 4.42. The van der Waals surface area contributed by atoms with Crippen molar-refractivity contribution in [2.24, 2.45) is 0 Å². The molecule has 1 saturated heterocycles. The van der Waals surface area contributed by atoms with Crippen molar-refractivity contribution in [2.75, 3.05) is 29.2 Å². The Morgan fingerprint density at radius 2 is 1.73 bits per heavy atom. The van der Waals surface area contributed by atoms with E-state index in [-0.39, 0.29) is 11.9 Å². The Morgan fingerprint density at radius 3 is 2.38 bits per heavy atom. The Bertz CT molecular complexity index is 802. The fourth-order valence-corrected chi connectivity index (χ4v) is 3.06. The molecule has 26 heavy (non-hydrogen) atoms. The van der Waals surface area contributed by atoms with Crippen molar-refractivity contribution in [1.82, 2.24) is 0 Å². The summed E-state index contributed by atoms with van der Waals surface area (Å²) in [6, 6.07) is 12.4. The number of anilines is 3. The summed E-state index contributed by atoms with van der Waals surface area (Å²) in [6.07, 6.45) is 2.58. The third-order valence-corrected chi connectivity index (χ3v) is 4.42. The van der Waals surface area contributed by atoms with E-state index in [1.165, 1.54) is 0 Å². The smallest absolute Gasteiger partial charge is 0.323 e. The predicted molar refractivity (Wildman–Crippen MR) is 103 cm³/mol. The molecule has 0 aromatic heterocycles. The number of carbonyl (C=O) groups is 2. The van der Waals surface area contributed by atoms with Crippen molar-refractivity contribution in [3.05, 3.63) is 48.0 Å². The molecule has 6 nitrogen and oxygen atoms in total. The van der Waals surface area contributed by atoms with Crippen LogP contribution in [0.25, 0.3) is 0 Å². The second kappa shape index (κ2) is 7.91. The number of ether oxygens (including phenoxy) is 1. The number of benzene rings is 2. The molecule has 3 amide bonds. The Labute approximate surface area is 153 Å². The Kier molecular flexibility index (Phi) is 5.41. The number of amides is 3. The van der Waals surface area contributed by atoms with Gasteiger partial charge in [-0.1, -0.05) is 0 Å². The molecular formula is C20H23N3O3. The van der Waals surface area contributed by atoms with Gasteiger partial charge in [-0.2, -0.15) is 0 Å². The largest absolute Gasteiger partial charge is 0.497 e. The second-order valence-corrected chi connectivity index (χ2v) is 6.31. The number of urea groups is 1. The molecule has 2 aromatic carbocycles. The van der Waals surface area contributed by atoms with Gasteiger partial charge in [0.1, 0.15) is 5.75 Å². The van der Waals surface area contributed by atoms with E-state index in [0.717, 1.165) is 36.4 Å². The predicted octanol–water partition coefficient (Wildman–Crippen LogP) is 4.16. The van der Waals surface area contributed by atoms with Crippen molar-refractivity contribution >= 4 is 29.0 Å². The molecule has 0 aliphatic carbocycles. The number of carbonyl (C=O) groups excluding carboxylic acids is 2. The Morgan fingerprint density at radius 1 is 1.04 bits per heavy atom. The number of nitrogens with zero attached hydrogens (tertiary/aromatic N) is 1. The van der Waals surface area contributed by atoms with E-state index < -0.39 is 0 Å². The van der Waals surface area contributed by atoms with Gasteiger partial charge in [0.05, 0.1) is 7.11 Å². The maximum Gasteiger partial charge on any atom is 0.323 e. The average molecular weight is 353 g/mol. The van der Waals surface area contributed by atoms with Crippen LogP contribution in [0.3, 0.4) is 0 Å². The lowest BCUT2D eigenvalue weighted by atomic mass is 10.1. The van der Waals surface area contributed by atoms with Gasteiger partial charge in [-0.25, -0.2) is 4.79 Å². The summed E-state index contributed by atoms with van der Waals surface area (Å²) < 4.78 is 5.10. The van der Waals surface area contributed by atoms with E-state index in [1.807, 2.05) is 30.0 Å². The fourth-order valence-electron chi connectivity index (χ4n) is 3.06. The Hall–Kier alpha value is -3.02. The number of methoxy groups -OCH3 is 1. The molecule has 0 saturated carbocycles. The van der Waals surface area contributed by atoms with Crippen LogP contribution in [0.2, 0.25) is 0 Å². The molecule has 0 radical (unpaired) electrons. The normalized spacial score (nSPS) is 14.1. The fraction of sp³-hybridized carbons (Fsp3) is 0.300. The molecule has 0 spiro atoms. The standard InChI is InChI=1S/C20H23N3O3/c1-14-13-16(8-11-18(14)23-12-4-3-5-19(23)24)22-20(25)21-15-6-9-17(26-2)10-7-15/h6-11,13H,3-5,12H2,1-2H3,(H2,21,22,25). The first-order chi connectivity index (χ1) is 12.6. The SMILES string of the molecule is COc1ccc(NC(=O)Nc2ccc(N3CCCCC3=O)c(C)c2)cc1. The van der Waals surface area contributed by atoms with Crippen LogP contribution in [-0.4, -0.2) is 25.6 Å². The zero-order chi connectivity index (χ0) is 18.5. The summed E-state index contributed by atoms with van der Waals surface area (Å²) in [5, 5.41) is 5.59. The zero-order valence-electron chi connectivity index (χ0n) is 15.0. The minimum atomic E-state index is -0.323. The van der Waals surface area contributed by atoms with E-state index >= 15 is 0 Å². The lowest BCUT2D eigenvalue weighted by Gasteiger charge is -2.28. The zero-order valence-corrected chi connectivity index (χ0v) is 15.0. The van der Waals surface area contributed by atoms with Crippen molar-refractivity contribution in [3.63, 3.8) is 0 Å². The molecule has 1 aliphatic rings. The van der Waals surface area contributed by atoms with E-state index in [9.17, 15) is 9.59 Å². The number of piperidine rings is 1. The van der Waals surface area contributed by atoms with Gasteiger partial charge in [0.15, 0.2) is 0 Å². The first-order valence-corrected chi connectivity index (χ1v) is 8.70. The summed E-state index contributed by atoms with van der Waals surface area (Å²) in [5.41, 5.74) is 3.23. The summed E-state index contributed by atoms with van der Waals surface area (Å²) in [4.78, 5) is 26.1. The quantitative estimate of drug-likeness (QED) is 0.867. The van der Waals surface area contributed by atoms with Gasteiger partial charge in [-0.15, -0.1) is 0 Å². The van der Waals surface area contributed by atoms with Crippen LogP contribution in [-0.2, 0) is 4.79 Å². The summed E-state index contributed by atoms with van der Waals surface area (Å²) in [5.74, 6) is 0.895. The van der Waals surface area contributed by atoms with Crippen LogP contribution in [0, 0.1) is 6.92 Å². The van der Waals surface area contributed by atoms with Crippen LogP contribution in [0.1, 0.15) is 24.8 Å². The number of nitrogens with one attached hydrogen (secondary N) is 2. The van der Waals surface area contributed by atoms with Gasteiger partial charge in [0.2, 0.25) is 5.91 Å². The van der Waals surface area contributed by atoms with Gasteiger partial charge in [0, 0.05) is 30.0 Å². The molecular weight excluding hydrogens is 330 g/mol. The topological polar surface area (TPSA) is 70.7 Å². The van der Waals surface area contributed by atoms with Crippen molar-refractivity contribution in [3.8, 4) is 5.75 Å². The number of aryl methyl sites for hydroxylation is 1. The highest BCUT2D eigenvalue weighted by Crippen LogP contribution is 2.27. The van der Waals surface area contributed by atoms with Crippen molar-refractivity contribution < 1.29 is 14.3 Å². The first-order valence-electron chi connectivity index (χ1n) is 8.70. The maximum absolute atomic E-state index is 12.2. The lowest BCUT2D eigenvalue weighted by Crippen LogP contribution is -2.35. The van der Waals surface area contributed by atoms with Crippen LogP contribution in [0.4, 0.5) is 21.9 Å². The Balaban J connectivity index is 1.65. The lowest BCUT2D eigenvalue weighted by molar-refractivity contribution is -0.119. The van der Waals surface area contributed by atoms with Crippen LogP contribution in [0.5, 0.6) is 5.75 Å². The minimum absolute atomic E-state index is 0.164. The molecule has 2 aromatic rings. The first kappa shape index (κ1) is 17.8. The van der Waals surface area contributed by atoms with Crippen molar-refractivity contribution in [2.45, 2.75) is 26.2 Å². The van der Waals surface area contributed by atoms with E-state index in [0.29, 0.717) is 17.8 Å². The molecule has 0 atom stereocenters. The van der Waals surface area contributed by atoms with Crippen LogP contribution in [0.15, 0.2) is 42.5 Å². The molecule has 1 heterocycles. The summed E-state index contributed by atoms with van der Waals surface area (Å²) in [7, 11) is 1.60. The molecule has 0 bridgehead atoms. The van der Waals surface area contributed by atoms with Crippen LogP contribution >= 0.6 is 0 Å². The summed E-state index contributed by atoms with van der Waals surface area (Å²) >= 11 is 0. The maximum atomic E-state index is 12.2. The van der Waals surface area contributed by atoms with Crippen LogP contribution < -0.4 is 20.3 Å². The molecule has 2 N–H and O–H groups in total. The number of hydrogen-bond acceptors (Lipinski definition) is 3. The monoisotopic (exact) mass is 353 g/mol. The molecule has 3 rings (SSSR count). The van der Waals surface area contributed by atoms with Gasteiger partial charge in [-0.3, -0.25) is 4.79 Å². The molecule has 6 heteroatoms. The van der Waals surface area contributed by atoms with Gasteiger partial charge in [0.25, 0.3) is 0 Å². The highest BCUT2D eigenvalue weighted by atomic mass is 16.5. The second-order valence-electron chi connectivity index (χ2n) is 6.31. The average Bonchev–Trinajstić information content (AvgIpc) is 2.63. The molecule has 1 fully saturated rings. The van der Waals surface area contributed by atoms with Crippen molar-refractivity contribution in [1.29, 1.82) is 0 Å². The molecule has 136 valence electrons. The van der Waals surface area contributed by atoms with E-state index in [1.54, 1.807) is 31.4 Å². The van der Waals surface area contributed by atoms with Gasteiger partial charge < -0.3 is 20.3 Å². The highest BCUT2D eigenvalue weighted by molar-refractivity contribution is 6.00. The van der Waals surface area contributed by atoms with E-state index in [4.69, 9.17) is 4.74 Å².